The maximum absolute atomic E-state index is 5.92. The van der Waals surface area contributed by atoms with Crippen LogP contribution in [0.4, 0.5) is 0 Å². The van der Waals surface area contributed by atoms with Gasteiger partial charge in [0.1, 0.15) is 0 Å². The third kappa shape index (κ3) is 4.78. The fourth-order valence-electron chi connectivity index (χ4n) is 2.11. The summed E-state index contributed by atoms with van der Waals surface area (Å²) in [5.74, 6) is 0. The van der Waals surface area contributed by atoms with Gasteiger partial charge in [-0.15, -0.1) is 0 Å². The Labute approximate surface area is 108 Å². The highest BCUT2D eigenvalue weighted by Crippen LogP contribution is 2.21. The van der Waals surface area contributed by atoms with Gasteiger partial charge in [-0.2, -0.15) is 0 Å². The van der Waals surface area contributed by atoms with Crippen molar-refractivity contribution in [3.63, 3.8) is 0 Å². The van der Waals surface area contributed by atoms with E-state index in [-0.39, 0.29) is 0 Å². The van der Waals surface area contributed by atoms with E-state index in [1.54, 1.807) is 5.19 Å². The van der Waals surface area contributed by atoms with Crippen LogP contribution in [-0.2, 0) is 4.43 Å². The van der Waals surface area contributed by atoms with Crippen molar-refractivity contribution in [2.75, 3.05) is 6.61 Å². The molecular weight excluding hydrogens is 240 g/mol. The molecule has 1 nitrogen and oxygen atoms in total. The second-order valence-electron chi connectivity index (χ2n) is 5.94. The molecule has 17 heavy (non-hydrogen) atoms. The van der Waals surface area contributed by atoms with Crippen LogP contribution < -0.4 is 5.19 Å². The molecule has 0 spiro atoms. The van der Waals surface area contributed by atoms with Crippen molar-refractivity contribution in [2.45, 2.75) is 45.2 Å². The van der Waals surface area contributed by atoms with Crippen LogP contribution in [0.5, 0.6) is 0 Å². The Balaban J connectivity index is 2.62. The summed E-state index contributed by atoms with van der Waals surface area (Å²) in [6.45, 7) is 12.6. The van der Waals surface area contributed by atoms with E-state index < -0.39 is 16.4 Å². The topological polar surface area (TPSA) is 9.23 Å². The van der Waals surface area contributed by atoms with E-state index in [2.05, 4.69) is 63.4 Å². The molecule has 0 unspecified atom stereocenters. The summed E-state index contributed by atoms with van der Waals surface area (Å²) in [6, 6.07) is 13.6. The van der Waals surface area contributed by atoms with Gasteiger partial charge in [0.25, 0.3) is 0 Å². The van der Waals surface area contributed by atoms with Crippen molar-refractivity contribution in [3.8, 4) is 0 Å². The summed E-state index contributed by atoms with van der Waals surface area (Å²) in [4.78, 5) is 0. The lowest BCUT2D eigenvalue weighted by atomic mass is 10.4. The van der Waals surface area contributed by atoms with Crippen molar-refractivity contribution < 1.29 is 4.43 Å². The lowest BCUT2D eigenvalue weighted by Gasteiger charge is -2.28. The molecular formula is C14H26OSi2. The van der Waals surface area contributed by atoms with Crippen LogP contribution in [0.2, 0.25) is 38.3 Å². The van der Waals surface area contributed by atoms with E-state index in [1.165, 1.54) is 12.1 Å². The maximum atomic E-state index is 5.92. The van der Waals surface area contributed by atoms with Crippen molar-refractivity contribution in [1.82, 2.24) is 0 Å². The standard InChI is InChI=1S/C14H26OSi2/c1-6-15-17(4,5)13-12-16(2,3)14-10-8-7-9-11-14/h7-11H,6,12-13H2,1-5H3. The van der Waals surface area contributed by atoms with Gasteiger partial charge in [0.05, 0.1) is 8.07 Å². The first-order valence-electron chi connectivity index (χ1n) is 6.57. The third-order valence-corrected chi connectivity index (χ3v) is 9.86. The van der Waals surface area contributed by atoms with Crippen LogP contribution >= 0.6 is 0 Å². The number of benzene rings is 1. The van der Waals surface area contributed by atoms with Crippen molar-refractivity contribution in [2.24, 2.45) is 0 Å². The highest BCUT2D eigenvalue weighted by atomic mass is 28.4. The predicted octanol–water partition coefficient (Wildman–Crippen LogP) is 3.84. The highest BCUT2D eigenvalue weighted by molar-refractivity contribution is 6.91. The molecule has 1 aromatic rings. The number of rotatable bonds is 6. The summed E-state index contributed by atoms with van der Waals surface area (Å²) < 4.78 is 5.92. The van der Waals surface area contributed by atoms with E-state index in [0.717, 1.165) is 6.61 Å². The second-order valence-corrected chi connectivity index (χ2v) is 15.1. The number of hydrogen-bond acceptors (Lipinski definition) is 1. The first-order valence-corrected chi connectivity index (χ1v) is 12.9. The van der Waals surface area contributed by atoms with Gasteiger partial charge in [0.15, 0.2) is 8.32 Å². The molecule has 1 rings (SSSR count). The Morgan fingerprint density at radius 1 is 0.941 bits per heavy atom. The van der Waals surface area contributed by atoms with E-state index in [4.69, 9.17) is 4.43 Å². The van der Waals surface area contributed by atoms with Gasteiger partial charge in [-0.3, -0.25) is 0 Å². The molecule has 0 aliphatic heterocycles. The molecule has 0 bridgehead atoms. The summed E-state index contributed by atoms with van der Waals surface area (Å²) in [5, 5.41) is 1.57. The Kier molecular flexibility index (Phi) is 5.16. The Morgan fingerprint density at radius 3 is 2.06 bits per heavy atom. The van der Waals surface area contributed by atoms with Crippen LogP contribution in [0.25, 0.3) is 0 Å². The van der Waals surface area contributed by atoms with Gasteiger partial charge < -0.3 is 4.43 Å². The first-order chi connectivity index (χ1) is 7.87. The van der Waals surface area contributed by atoms with Gasteiger partial charge >= 0.3 is 0 Å². The minimum absolute atomic E-state index is 0.868. The molecule has 0 amide bonds. The Bertz CT molecular complexity index is 333. The fourth-order valence-corrected chi connectivity index (χ4v) is 9.33. The van der Waals surface area contributed by atoms with Crippen molar-refractivity contribution in [1.29, 1.82) is 0 Å². The molecule has 1 aromatic carbocycles. The zero-order valence-electron chi connectivity index (χ0n) is 11.9. The molecule has 0 saturated carbocycles. The largest absolute Gasteiger partial charge is 0.418 e. The van der Waals surface area contributed by atoms with E-state index >= 15 is 0 Å². The molecule has 0 N–H and O–H groups in total. The molecule has 0 atom stereocenters. The zero-order valence-corrected chi connectivity index (χ0v) is 13.9. The molecule has 0 aliphatic rings. The van der Waals surface area contributed by atoms with Crippen molar-refractivity contribution in [3.05, 3.63) is 30.3 Å². The Morgan fingerprint density at radius 2 is 1.53 bits per heavy atom. The van der Waals surface area contributed by atoms with Crippen LogP contribution in [0.15, 0.2) is 30.3 Å². The van der Waals surface area contributed by atoms with Gasteiger partial charge in [-0.05, 0) is 26.1 Å². The zero-order chi connectivity index (χ0) is 12.9. The third-order valence-electron chi connectivity index (χ3n) is 3.44. The predicted molar refractivity (Wildman–Crippen MR) is 82.3 cm³/mol. The monoisotopic (exact) mass is 266 g/mol. The molecule has 0 fully saturated rings. The number of hydrogen-bond donors (Lipinski definition) is 0. The summed E-state index contributed by atoms with van der Waals surface area (Å²) >= 11 is 0. The molecule has 96 valence electrons. The average Bonchev–Trinajstić information content (AvgIpc) is 2.28. The molecule has 0 radical (unpaired) electrons. The smallest absolute Gasteiger partial charge is 0.186 e. The second kappa shape index (κ2) is 5.98. The van der Waals surface area contributed by atoms with Gasteiger partial charge in [-0.1, -0.05) is 54.7 Å². The molecule has 0 saturated heterocycles. The van der Waals surface area contributed by atoms with E-state index in [1.807, 2.05) is 0 Å². The van der Waals surface area contributed by atoms with E-state index in [9.17, 15) is 0 Å². The normalized spacial score (nSPS) is 12.8. The lowest BCUT2D eigenvalue weighted by molar-refractivity contribution is 0.330. The van der Waals surface area contributed by atoms with Crippen LogP contribution in [0.1, 0.15) is 6.92 Å². The van der Waals surface area contributed by atoms with Gasteiger partial charge in [-0.25, -0.2) is 0 Å². The van der Waals surface area contributed by atoms with Crippen LogP contribution in [0, 0.1) is 0 Å². The maximum Gasteiger partial charge on any atom is 0.186 e. The fraction of sp³-hybridized carbons (Fsp3) is 0.571. The average molecular weight is 267 g/mol. The molecule has 0 aliphatic carbocycles. The minimum Gasteiger partial charge on any atom is -0.418 e. The Hall–Kier alpha value is -0.386. The van der Waals surface area contributed by atoms with Crippen molar-refractivity contribution >= 4 is 21.6 Å². The van der Waals surface area contributed by atoms with Crippen LogP contribution in [-0.4, -0.2) is 23.0 Å². The van der Waals surface area contributed by atoms with Crippen LogP contribution in [0.3, 0.4) is 0 Å². The quantitative estimate of drug-likeness (QED) is 0.711. The molecule has 3 heteroatoms. The first kappa shape index (κ1) is 14.7. The molecule has 0 heterocycles. The SMILES string of the molecule is CCO[Si](C)(C)CC[Si](C)(C)c1ccccc1. The summed E-state index contributed by atoms with van der Waals surface area (Å²) in [5.41, 5.74) is 0. The van der Waals surface area contributed by atoms with Gasteiger partial charge in [0.2, 0.25) is 0 Å². The highest BCUT2D eigenvalue weighted by Gasteiger charge is 2.29. The lowest BCUT2D eigenvalue weighted by Crippen LogP contribution is -2.43. The van der Waals surface area contributed by atoms with Gasteiger partial charge in [0, 0.05) is 6.61 Å². The van der Waals surface area contributed by atoms with E-state index in [0.29, 0.717) is 0 Å². The molecule has 0 aromatic heterocycles. The summed E-state index contributed by atoms with van der Waals surface area (Å²) in [7, 11) is -2.67. The minimum atomic E-state index is -1.41. The summed E-state index contributed by atoms with van der Waals surface area (Å²) in [6.07, 6.45) is 0.